The van der Waals surface area contributed by atoms with E-state index >= 15 is 0 Å². The molecule has 1 aliphatic heterocycles. The van der Waals surface area contributed by atoms with Gasteiger partial charge in [-0.05, 0) is 19.9 Å². The predicted molar refractivity (Wildman–Crippen MR) is 48.4 cm³/mol. The van der Waals surface area contributed by atoms with Crippen molar-refractivity contribution in [3.63, 3.8) is 0 Å². The molecule has 3 unspecified atom stereocenters. The average Bonchev–Trinajstić information content (AvgIpc) is 2.34. The number of hydrogen-bond acceptors (Lipinski definition) is 4. The quantitative estimate of drug-likeness (QED) is 0.520. The van der Waals surface area contributed by atoms with Crippen molar-refractivity contribution in [1.82, 2.24) is 10.4 Å². The van der Waals surface area contributed by atoms with Crippen molar-refractivity contribution in [2.75, 3.05) is 20.1 Å². The summed E-state index contributed by atoms with van der Waals surface area (Å²) in [4.78, 5) is 0. The highest BCUT2D eigenvalue weighted by molar-refractivity contribution is 4.85. The molecule has 4 heteroatoms. The van der Waals surface area contributed by atoms with Gasteiger partial charge in [-0.1, -0.05) is 0 Å². The summed E-state index contributed by atoms with van der Waals surface area (Å²) in [7, 11) is 2.00. The van der Waals surface area contributed by atoms with Gasteiger partial charge in [0, 0.05) is 25.6 Å². The Labute approximate surface area is 73.7 Å². The van der Waals surface area contributed by atoms with E-state index in [9.17, 15) is 5.11 Å². The third-order valence-electron chi connectivity index (χ3n) is 2.76. The first-order chi connectivity index (χ1) is 5.66. The van der Waals surface area contributed by atoms with E-state index in [0.717, 1.165) is 6.54 Å². The Hall–Kier alpha value is -0.160. The van der Waals surface area contributed by atoms with Crippen molar-refractivity contribution in [2.24, 2.45) is 11.7 Å². The molecule has 1 heterocycles. The zero-order valence-electron chi connectivity index (χ0n) is 7.83. The first kappa shape index (κ1) is 9.92. The highest BCUT2D eigenvalue weighted by Gasteiger charge is 2.32. The second-order valence-electron chi connectivity index (χ2n) is 3.52. The summed E-state index contributed by atoms with van der Waals surface area (Å²) >= 11 is 0. The van der Waals surface area contributed by atoms with E-state index in [-0.39, 0.29) is 6.10 Å². The second-order valence-corrected chi connectivity index (χ2v) is 3.52. The zero-order chi connectivity index (χ0) is 9.14. The van der Waals surface area contributed by atoms with Gasteiger partial charge in [0.2, 0.25) is 0 Å². The molecule has 0 amide bonds. The van der Waals surface area contributed by atoms with Gasteiger partial charge in [0.25, 0.3) is 0 Å². The molecule has 0 aromatic rings. The highest BCUT2D eigenvalue weighted by atomic mass is 16.3. The van der Waals surface area contributed by atoms with Gasteiger partial charge in [0.1, 0.15) is 0 Å². The van der Waals surface area contributed by atoms with Crippen LogP contribution in [0.1, 0.15) is 13.3 Å². The topological polar surface area (TPSA) is 61.5 Å². The fourth-order valence-electron chi connectivity index (χ4n) is 1.69. The fourth-order valence-corrected chi connectivity index (χ4v) is 1.69. The fraction of sp³-hybridized carbons (Fsp3) is 1.00. The van der Waals surface area contributed by atoms with Crippen LogP contribution in [0.2, 0.25) is 0 Å². The molecule has 0 aromatic carbocycles. The molecule has 0 aliphatic carbocycles. The number of aliphatic hydroxyl groups is 1. The lowest BCUT2D eigenvalue weighted by atomic mass is 9.94. The molecule has 0 spiro atoms. The lowest BCUT2D eigenvalue weighted by molar-refractivity contribution is 0.0882. The van der Waals surface area contributed by atoms with E-state index in [0.29, 0.717) is 24.9 Å². The van der Waals surface area contributed by atoms with E-state index < -0.39 is 0 Å². The molecule has 1 aliphatic rings. The summed E-state index contributed by atoms with van der Waals surface area (Å²) in [6, 6.07) is 0.395. The van der Waals surface area contributed by atoms with Gasteiger partial charge in [-0.3, -0.25) is 5.43 Å². The van der Waals surface area contributed by atoms with Gasteiger partial charge in [-0.15, -0.1) is 0 Å². The number of hydrazine groups is 1. The molecule has 4 nitrogen and oxygen atoms in total. The predicted octanol–water partition coefficient (Wildman–Crippen LogP) is -0.849. The van der Waals surface area contributed by atoms with Gasteiger partial charge in [-0.25, -0.2) is 5.01 Å². The van der Waals surface area contributed by atoms with Crippen molar-refractivity contribution < 1.29 is 5.11 Å². The molecule has 0 radical (unpaired) electrons. The van der Waals surface area contributed by atoms with Gasteiger partial charge in [0.15, 0.2) is 0 Å². The van der Waals surface area contributed by atoms with Crippen molar-refractivity contribution >= 4 is 0 Å². The third-order valence-corrected chi connectivity index (χ3v) is 2.76. The van der Waals surface area contributed by atoms with Crippen LogP contribution in [0.3, 0.4) is 0 Å². The smallest absolute Gasteiger partial charge is 0.0608 e. The molecule has 3 atom stereocenters. The third kappa shape index (κ3) is 1.95. The van der Waals surface area contributed by atoms with E-state index in [1.165, 1.54) is 0 Å². The van der Waals surface area contributed by atoms with Crippen molar-refractivity contribution in [3.8, 4) is 0 Å². The number of hydrogen-bond donors (Lipinski definition) is 3. The number of nitrogens with zero attached hydrogens (tertiary/aromatic N) is 1. The van der Waals surface area contributed by atoms with Gasteiger partial charge >= 0.3 is 0 Å². The normalized spacial score (nSPS) is 34.0. The molecule has 1 saturated heterocycles. The van der Waals surface area contributed by atoms with Crippen molar-refractivity contribution in [1.29, 1.82) is 0 Å². The molecular formula is C8H19N3O. The maximum absolute atomic E-state index is 9.69. The minimum Gasteiger partial charge on any atom is -0.393 e. The monoisotopic (exact) mass is 173 g/mol. The first-order valence-electron chi connectivity index (χ1n) is 4.51. The summed E-state index contributed by atoms with van der Waals surface area (Å²) in [5, 5.41) is 11.7. The maximum Gasteiger partial charge on any atom is 0.0608 e. The molecule has 0 saturated carbocycles. The summed E-state index contributed by atoms with van der Waals surface area (Å²) < 4.78 is 0. The Kier molecular flexibility index (Phi) is 3.46. The number of nitrogens with two attached hydrogens (primary N) is 1. The number of nitrogens with one attached hydrogen (secondary N) is 1. The standard InChI is InChI=1S/C8H19N3O/c1-6-7(5-10-11(6)2)8(12)3-4-9/h6-8,10,12H,3-5,9H2,1-2H3. The molecule has 0 aromatic heterocycles. The van der Waals surface area contributed by atoms with Crippen LogP contribution in [0.15, 0.2) is 0 Å². The molecule has 72 valence electrons. The summed E-state index contributed by atoms with van der Waals surface area (Å²) in [5.74, 6) is 0.318. The van der Waals surface area contributed by atoms with E-state index in [4.69, 9.17) is 5.73 Å². The molecule has 0 bridgehead atoms. The Bertz CT molecular complexity index is 142. The van der Waals surface area contributed by atoms with Gasteiger partial charge in [0.05, 0.1) is 6.10 Å². The Morgan fingerprint density at radius 1 is 1.75 bits per heavy atom. The second kappa shape index (κ2) is 4.18. The van der Waals surface area contributed by atoms with E-state index in [1.54, 1.807) is 0 Å². The van der Waals surface area contributed by atoms with E-state index in [2.05, 4.69) is 12.3 Å². The average molecular weight is 173 g/mol. The Balaban J connectivity index is 2.41. The zero-order valence-corrected chi connectivity index (χ0v) is 7.83. The van der Waals surface area contributed by atoms with Crippen LogP contribution in [-0.2, 0) is 0 Å². The van der Waals surface area contributed by atoms with E-state index in [1.807, 2.05) is 12.1 Å². The lowest BCUT2D eigenvalue weighted by Gasteiger charge is -2.22. The van der Waals surface area contributed by atoms with Crippen LogP contribution < -0.4 is 11.2 Å². The highest BCUT2D eigenvalue weighted by Crippen LogP contribution is 2.19. The Morgan fingerprint density at radius 3 is 2.83 bits per heavy atom. The molecule has 4 N–H and O–H groups in total. The Morgan fingerprint density at radius 2 is 2.42 bits per heavy atom. The minimum absolute atomic E-state index is 0.262. The van der Waals surface area contributed by atoms with Crippen LogP contribution in [0, 0.1) is 5.92 Å². The summed E-state index contributed by atoms with van der Waals surface area (Å²) in [6.45, 7) is 3.54. The van der Waals surface area contributed by atoms with Crippen LogP contribution in [0.5, 0.6) is 0 Å². The van der Waals surface area contributed by atoms with Gasteiger partial charge < -0.3 is 10.8 Å². The van der Waals surface area contributed by atoms with Crippen LogP contribution >= 0.6 is 0 Å². The SMILES string of the molecule is CC1C(C(O)CCN)CNN1C. The van der Waals surface area contributed by atoms with Crippen LogP contribution in [-0.4, -0.2) is 42.4 Å². The lowest BCUT2D eigenvalue weighted by Crippen LogP contribution is -2.35. The van der Waals surface area contributed by atoms with Crippen molar-refractivity contribution in [2.45, 2.75) is 25.5 Å². The molecule has 12 heavy (non-hydrogen) atoms. The first-order valence-corrected chi connectivity index (χ1v) is 4.51. The van der Waals surface area contributed by atoms with Crippen LogP contribution in [0.4, 0.5) is 0 Å². The maximum atomic E-state index is 9.69. The molecular weight excluding hydrogens is 154 g/mol. The largest absolute Gasteiger partial charge is 0.393 e. The minimum atomic E-state index is -0.262. The number of aliphatic hydroxyl groups excluding tert-OH is 1. The summed E-state index contributed by atoms with van der Waals surface area (Å²) in [5.41, 5.74) is 8.57. The molecule has 1 fully saturated rings. The van der Waals surface area contributed by atoms with Gasteiger partial charge in [-0.2, -0.15) is 0 Å². The summed E-state index contributed by atoms with van der Waals surface area (Å²) in [6.07, 6.45) is 0.437. The number of rotatable bonds is 3. The van der Waals surface area contributed by atoms with Crippen molar-refractivity contribution in [3.05, 3.63) is 0 Å². The van der Waals surface area contributed by atoms with Crippen LogP contribution in [0.25, 0.3) is 0 Å². The molecule has 1 rings (SSSR count).